The number of nitrogens with zero attached hydrogens (tertiary/aromatic N) is 2. The van der Waals surface area contributed by atoms with Crippen LogP contribution in [-0.2, 0) is 0 Å². The molecule has 0 saturated carbocycles. The second-order valence-corrected chi connectivity index (χ2v) is 4.54. The molecule has 0 saturated heterocycles. The first-order chi connectivity index (χ1) is 8.66. The Morgan fingerprint density at radius 1 is 1.22 bits per heavy atom. The Labute approximate surface area is 109 Å². The summed E-state index contributed by atoms with van der Waals surface area (Å²) in [4.78, 5) is 4.38. The Kier molecular flexibility index (Phi) is 2.49. The van der Waals surface area contributed by atoms with Crippen LogP contribution in [0.15, 0.2) is 42.6 Å². The van der Waals surface area contributed by atoms with Gasteiger partial charge < -0.3 is 5.11 Å². The highest BCUT2D eigenvalue weighted by Gasteiger charge is 2.12. The van der Waals surface area contributed by atoms with Crippen molar-refractivity contribution >= 4 is 17.1 Å². The van der Waals surface area contributed by atoms with Crippen LogP contribution in [0.2, 0.25) is 5.15 Å². The van der Waals surface area contributed by atoms with Gasteiger partial charge in [-0.3, -0.25) is 4.40 Å². The van der Waals surface area contributed by atoms with Gasteiger partial charge in [-0.1, -0.05) is 29.8 Å². The van der Waals surface area contributed by atoms with Crippen molar-refractivity contribution in [2.45, 2.75) is 6.92 Å². The summed E-state index contributed by atoms with van der Waals surface area (Å²) in [5, 5.41) is 10.0. The maximum absolute atomic E-state index is 9.54. The number of hydrogen-bond donors (Lipinski definition) is 1. The minimum atomic E-state index is 0.216. The Hall–Kier alpha value is -2.00. The molecular formula is C14H11ClN2O. The Balaban J connectivity index is 2.34. The zero-order chi connectivity index (χ0) is 12.7. The van der Waals surface area contributed by atoms with Crippen molar-refractivity contribution < 1.29 is 5.11 Å². The summed E-state index contributed by atoms with van der Waals surface area (Å²) in [5.74, 6) is 0.947. The highest BCUT2D eigenvalue weighted by Crippen LogP contribution is 2.29. The normalized spacial score (nSPS) is 11.0. The van der Waals surface area contributed by atoms with Crippen molar-refractivity contribution in [3.05, 3.63) is 53.3 Å². The Morgan fingerprint density at radius 2 is 2.06 bits per heavy atom. The molecule has 1 N–H and O–H groups in total. The fourth-order valence-corrected chi connectivity index (χ4v) is 2.42. The fraction of sp³-hybridized carbons (Fsp3) is 0.0714. The first kappa shape index (κ1) is 11.1. The van der Waals surface area contributed by atoms with Crippen LogP contribution >= 0.6 is 11.6 Å². The molecule has 4 heteroatoms. The summed E-state index contributed by atoms with van der Waals surface area (Å²) in [7, 11) is 0. The number of fused-ring (bicyclic) bond motifs is 1. The molecule has 0 spiro atoms. The lowest BCUT2D eigenvalue weighted by Crippen LogP contribution is -1.90. The monoisotopic (exact) mass is 258 g/mol. The summed E-state index contributed by atoms with van der Waals surface area (Å²) in [6.07, 6.45) is 1.92. The van der Waals surface area contributed by atoms with Crippen LogP contribution in [0, 0.1) is 6.92 Å². The average molecular weight is 259 g/mol. The number of imidazole rings is 1. The molecule has 0 radical (unpaired) electrons. The molecule has 2 heterocycles. The van der Waals surface area contributed by atoms with Crippen LogP contribution in [0.25, 0.3) is 16.9 Å². The van der Waals surface area contributed by atoms with Gasteiger partial charge in [0.25, 0.3) is 0 Å². The molecule has 18 heavy (non-hydrogen) atoms. The molecule has 0 amide bonds. The molecule has 2 aromatic heterocycles. The van der Waals surface area contributed by atoms with Crippen molar-refractivity contribution in [3.8, 4) is 17.1 Å². The molecule has 1 aromatic carbocycles. The number of aryl methyl sites for hydroxylation is 1. The van der Waals surface area contributed by atoms with Gasteiger partial charge in [0.15, 0.2) is 5.15 Å². The highest BCUT2D eigenvalue weighted by molar-refractivity contribution is 6.33. The van der Waals surface area contributed by atoms with E-state index in [0.717, 1.165) is 22.5 Å². The van der Waals surface area contributed by atoms with E-state index >= 15 is 0 Å². The lowest BCUT2D eigenvalue weighted by molar-refractivity contribution is 0.475. The molecule has 3 aromatic rings. The molecule has 0 aliphatic rings. The lowest BCUT2D eigenvalue weighted by atomic mass is 10.2. The van der Waals surface area contributed by atoms with E-state index in [1.165, 1.54) is 0 Å². The number of aromatic hydroxyl groups is 1. The minimum Gasteiger partial charge on any atom is -0.508 e. The van der Waals surface area contributed by atoms with Gasteiger partial charge in [-0.2, -0.15) is 0 Å². The molecule has 0 aliphatic carbocycles. The van der Waals surface area contributed by atoms with Gasteiger partial charge in [-0.05, 0) is 30.7 Å². The first-order valence-electron chi connectivity index (χ1n) is 5.59. The number of rotatable bonds is 1. The number of phenols is 1. The molecular weight excluding hydrogens is 248 g/mol. The standard InChI is InChI=1S/C14H11ClN2O/c1-9-4-3-7-17-12(9)13(15)16-14(17)10-5-2-6-11(18)8-10/h2-8,18H,1H3. The third kappa shape index (κ3) is 1.64. The number of benzene rings is 1. The van der Waals surface area contributed by atoms with Gasteiger partial charge in [-0.15, -0.1) is 0 Å². The number of hydrogen-bond acceptors (Lipinski definition) is 2. The van der Waals surface area contributed by atoms with Crippen LogP contribution in [0.1, 0.15) is 5.56 Å². The molecule has 0 bridgehead atoms. The Morgan fingerprint density at radius 3 is 2.83 bits per heavy atom. The van der Waals surface area contributed by atoms with Gasteiger partial charge in [0.1, 0.15) is 11.6 Å². The summed E-state index contributed by atoms with van der Waals surface area (Å²) >= 11 is 6.18. The van der Waals surface area contributed by atoms with E-state index < -0.39 is 0 Å². The number of pyridine rings is 1. The summed E-state index contributed by atoms with van der Waals surface area (Å²) in [5.41, 5.74) is 2.81. The molecule has 0 unspecified atom stereocenters. The highest BCUT2D eigenvalue weighted by atomic mass is 35.5. The van der Waals surface area contributed by atoms with E-state index in [-0.39, 0.29) is 5.75 Å². The van der Waals surface area contributed by atoms with Crippen LogP contribution in [-0.4, -0.2) is 14.5 Å². The number of phenolic OH excluding ortho intramolecular Hbond substituents is 1. The SMILES string of the molecule is Cc1cccn2c(-c3cccc(O)c3)nc(Cl)c12. The van der Waals surface area contributed by atoms with Crippen molar-refractivity contribution in [1.82, 2.24) is 9.38 Å². The van der Waals surface area contributed by atoms with Crippen LogP contribution < -0.4 is 0 Å². The van der Waals surface area contributed by atoms with Gasteiger partial charge in [0, 0.05) is 11.8 Å². The first-order valence-corrected chi connectivity index (χ1v) is 5.97. The zero-order valence-corrected chi connectivity index (χ0v) is 10.5. The number of halogens is 1. The number of aromatic nitrogens is 2. The van der Waals surface area contributed by atoms with E-state index in [9.17, 15) is 5.11 Å². The van der Waals surface area contributed by atoms with Crippen LogP contribution in [0.3, 0.4) is 0 Å². The van der Waals surface area contributed by atoms with Crippen molar-refractivity contribution in [2.24, 2.45) is 0 Å². The quantitative estimate of drug-likeness (QED) is 0.723. The van der Waals surface area contributed by atoms with Crippen molar-refractivity contribution in [1.29, 1.82) is 0 Å². The largest absolute Gasteiger partial charge is 0.508 e. The average Bonchev–Trinajstić information content (AvgIpc) is 2.68. The molecule has 3 nitrogen and oxygen atoms in total. The van der Waals surface area contributed by atoms with E-state index in [4.69, 9.17) is 11.6 Å². The molecule has 0 atom stereocenters. The van der Waals surface area contributed by atoms with Crippen molar-refractivity contribution in [3.63, 3.8) is 0 Å². The predicted molar refractivity (Wildman–Crippen MR) is 72.0 cm³/mol. The maximum atomic E-state index is 9.54. The van der Waals surface area contributed by atoms with E-state index in [2.05, 4.69) is 4.98 Å². The van der Waals surface area contributed by atoms with Gasteiger partial charge in [0.05, 0.1) is 5.52 Å². The summed E-state index contributed by atoms with van der Waals surface area (Å²) in [6.45, 7) is 2.00. The minimum absolute atomic E-state index is 0.216. The van der Waals surface area contributed by atoms with Gasteiger partial charge >= 0.3 is 0 Å². The second-order valence-electron chi connectivity index (χ2n) is 4.19. The van der Waals surface area contributed by atoms with E-state index in [1.807, 2.05) is 35.7 Å². The van der Waals surface area contributed by atoms with E-state index in [0.29, 0.717) is 5.15 Å². The molecule has 0 fully saturated rings. The lowest BCUT2D eigenvalue weighted by Gasteiger charge is -2.03. The van der Waals surface area contributed by atoms with Crippen LogP contribution in [0.4, 0.5) is 0 Å². The summed E-state index contributed by atoms with van der Waals surface area (Å²) in [6, 6.07) is 10.9. The molecule has 90 valence electrons. The van der Waals surface area contributed by atoms with Gasteiger partial charge in [-0.25, -0.2) is 4.98 Å². The fourth-order valence-electron chi connectivity index (χ4n) is 2.10. The molecule has 0 aliphatic heterocycles. The smallest absolute Gasteiger partial charge is 0.155 e. The topological polar surface area (TPSA) is 37.5 Å². The maximum Gasteiger partial charge on any atom is 0.155 e. The third-order valence-electron chi connectivity index (χ3n) is 2.93. The van der Waals surface area contributed by atoms with E-state index in [1.54, 1.807) is 18.2 Å². The predicted octanol–water partition coefficient (Wildman–Crippen LogP) is 3.67. The second kappa shape index (κ2) is 4.03. The Bertz CT molecular complexity index is 734. The zero-order valence-electron chi connectivity index (χ0n) is 9.76. The van der Waals surface area contributed by atoms with Crippen LogP contribution in [0.5, 0.6) is 5.75 Å². The van der Waals surface area contributed by atoms with Gasteiger partial charge in [0.2, 0.25) is 0 Å². The summed E-state index contributed by atoms with van der Waals surface area (Å²) < 4.78 is 1.94. The van der Waals surface area contributed by atoms with Crippen molar-refractivity contribution in [2.75, 3.05) is 0 Å². The molecule has 3 rings (SSSR count). The third-order valence-corrected chi connectivity index (χ3v) is 3.19.